The first-order valence-electron chi connectivity index (χ1n) is 8.45. The molecule has 0 aliphatic carbocycles. The lowest BCUT2D eigenvalue weighted by molar-refractivity contribution is -0.137. The number of sulfonamides is 1. The third-order valence-electron chi connectivity index (χ3n) is 4.20. The average Bonchev–Trinajstić information content (AvgIpc) is 2.66. The highest BCUT2D eigenvalue weighted by Gasteiger charge is 2.29. The Morgan fingerprint density at radius 3 is 2.31 bits per heavy atom. The predicted octanol–water partition coefficient (Wildman–Crippen LogP) is 4.18. The second kappa shape index (κ2) is 9.19. The first-order chi connectivity index (χ1) is 13.5. The van der Waals surface area contributed by atoms with Crippen molar-refractivity contribution in [2.24, 2.45) is 0 Å². The summed E-state index contributed by atoms with van der Waals surface area (Å²) in [5, 5.41) is 0. The molecule has 0 saturated carbocycles. The number of methoxy groups -OCH3 is 1. The van der Waals surface area contributed by atoms with Gasteiger partial charge in [0.1, 0.15) is 0 Å². The van der Waals surface area contributed by atoms with Crippen LogP contribution in [0.3, 0.4) is 0 Å². The van der Waals surface area contributed by atoms with Crippen LogP contribution in [0.1, 0.15) is 27.0 Å². The van der Waals surface area contributed by atoms with E-state index in [4.69, 9.17) is 0 Å². The van der Waals surface area contributed by atoms with Gasteiger partial charge in [0.2, 0.25) is 10.0 Å². The molecular weight excluding hydrogens is 427 g/mol. The van der Waals surface area contributed by atoms with Gasteiger partial charge in [-0.1, -0.05) is 0 Å². The van der Waals surface area contributed by atoms with Crippen molar-refractivity contribution in [2.75, 3.05) is 19.4 Å². The number of alkyl halides is 3. The molecule has 29 heavy (non-hydrogen) atoms. The summed E-state index contributed by atoms with van der Waals surface area (Å²) >= 11 is 1.22. The maximum absolute atomic E-state index is 12.6. The van der Waals surface area contributed by atoms with E-state index in [-0.39, 0.29) is 17.0 Å². The number of carbonyl (C=O) groups excluding carboxylic acids is 1. The number of thioether (sulfide) groups is 1. The fraction of sp³-hybridized carbons (Fsp3) is 0.316. The highest BCUT2D eigenvalue weighted by Crippen LogP contribution is 2.30. The van der Waals surface area contributed by atoms with Gasteiger partial charge in [0.15, 0.2) is 0 Å². The van der Waals surface area contributed by atoms with Crippen LogP contribution >= 0.6 is 11.8 Å². The zero-order valence-corrected chi connectivity index (χ0v) is 17.6. The third kappa shape index (κ3) is 5.97. The number of benzene rings is 2. The van der Waals surface area contributed by atoms with Gasteiger partial charge in [0, 0.05) is 17.2 Å². The number of halogens is 3. The zero-order valence-electron chi connectivity index (χ0n) is 16.0. The lowest BCUT2D eigenvalue weighted by Crippen LogP contribution is -2.26. The van der Waals surface area contributed by atoms with Crippen molar-refractivity contribution in [3.8, 4) is 0 Å². The van der Waals surface area contributed by atoms with E-state index in [2.05, 4.69) is 9.46 Å². The molecule has 158 valence electrons. The minimum absolute atomic E-state index is 0.0551. The molecule has 0 bridgehead atoms. The molecule has 5 nitrogen and oxygen atoms in total. The summed E-state index contributed by atoms with van der Waals surface area (Å²) in [6.07, 6.45) is -4.39. The summed E-state index contributed by atoms with van der Waals surface area (Å²) in [5.74, 6) is -0.306. The quantitative estimate of drug-likeness (QED) is 0.392. The van der Waals surface area contributed by atoms with E-state index >= 15 is 0 Å². The van der Waals surface area contributed by atoms with Crippen molar-refractivity contribution in [2.45, 2.75) is 29.8 Å². The minimum atomic E-state index is -4.39. The van der Waals surface area contributed by atoms with Crippen LogP contribution in [-0.4, -0.2) is 33.8 Å². The number of rotatable bonds is 7. The number of esters is 1. The molecule has 2 aromatic carbocycles. The fourth-order valence-corrected chi connectivity index (χ4v) is 4.51. The Morgan fingerprint density at radius 1 is 1.14 bits per heavy atom. The molecule has 0 spiro atoms. The van der Waals surface area contributed by atoms with Crippen LogP contribution in [0.15, 0.2) is 46.2 Å². The molecule has 0 atom stereocenters. The first kappa shape index (κ1) is 23.2. The van der Waals surface area contributed by atoms with Crippen molar-refractivity contribution < 1.29 is 31.1 Å². The van der Waals surface area contributed by atoms with Crippen LogP contribution < -0.4 is 4.72 Å². The molecule has 0 amide bonds. The van der Waals surface area contributed by atoms with Gasteiger partial charge in [-0.25, -0.2) is 17.9 Å². The smallest absolute Gasteiger partial charge is 0.416 e. The molecule has 0 saturated heterocycles. The second-order valence-corrected chi connectivity index (χ2v) is 9.11. The molecular formula is C19H20F3NO4S2. The SMILES string of the molecule is COC(=O)c1cc(S(=O)(=O)NCCSc2ccc(C(F)(F)F)cc2)cc(C)c1C. The van der Waals surface area contributed by atoms with E-state index in [0.717, 1.165) is 12.1 Å². The third-order valence-corrected chi connectivity index (χ3v) is 6.66. The van der Waals surface area contributed by atoms with Gasteiger partial charge in [-0.2, -0.15) is 13.2 Å². The van der Waals surface area contributed by atoms with E-state index in [1.54, 1.807) is 13.8 Å². The number of nitrogens with one attached hydrogen (secondary N) is 1. The summed E-state index contributed by atoms with van der Waals surface area (Å²) in [6.45, 7) is 3.46. The molecule has 0 aliphatic rings. The van der Waals surface area contributed by atoms with Crippen LogP contribution in [0.2, 0.25) is 0 Å². The van der Waals surface area contributed by atoms with E-state index in [1.165, 1.54) is 43.1 Å². The molecule has 0 aromatic heterocycles. The van der Waals surface area contributed by atoms with Gasteiger partial charge >= 0.3 is 12.1 Å². The molecule has 2 aromatic rings. The Kier molecular flexibility index (Phi) is 7.36. The Labute approximate surface area is 171 Å². The molecule has 1 N–H and O–H groups in total. The Bertz CT molecular complexity index is 988. The first-order valence-corrected chi connectivity index (χ1v) is 10.9. The minimum Gasteiger partial charge on any atom is -0.465 e. The van der Waals surface area contributed by atoms with Crippen LogP contribution in [0, 0.1) is 13.8 Å². The summed E-state index contributed by atoms with van der Waals surface area (Å²) in [7, 11) is -2.65. The molecule has 10 heteroatoms. The Morgan fingerprint density at radius 2 is 1.76 bits per heavy atom. The van der Waals surface area contributed by atoms with Gasteiger partial charge in [-0.3, -0.25) is 0 Å². The lowest BCUT2D eigenvalue weighted by Gasteiger charge is -2.12. The van der Waals surface area contributed by atoms with Gasteiger partial charge in [0.25, 0.3) is 0 Å². The summed E-state index contributed by atoms with van der Waals surface area (Å²) in [4.78, 5) is 12.4. The zero-order chi connectivity index (χ0) is 21.8. The van der Waals surface area contributed by atoms with Crippen molar-refractivity contribution in [1.82, 2.24) is 4.72 Å². The van der Waals surface area contributed by atoms with Gasteiger partial charge in [-0.15, -0.1) is 11.8 Å². The standard InChI is InChI=1S/C19H20F3NO4S2/c1-12-10-16(11-17(13(12)2)18(24)27-3)29(25,26)23-8-9-28-15-6-4-14(5-7-15)19(20,21)22/h4-7,10-11,23H,8-9H2,1-3H3. The fourth-order valence-electron chi connectivity index (χ4n) is 2.47. The number of aryl methyl sites for hydroxylation is 1. The van der Waals surface area contributed by atoms with Crippen LogP contribution in [0.5, 0.6) is 0 Å². The molecule has 0 fully saturated rings. The Hall–Kier alpha value is -2.04. The van der Waals surface area contributed by atoms with Crippen molar-refractivity contribution in [3.63, 3.8) is 0 Å². The van der Waals surface area contributed by atoms with Gasteiger partial charge in [-0.05, 0) is 61.4 Å². The normalized spacial score (nSPS) is 12.1. The monoisotopic (exact) mass is 447 g/mol. The summed E-state index contributed by atoms with van der Waals surface area (Å²) in [5.41, 5.74) is 0.701. The summed E-state index contributed by atoms with van der Waals surface area (Å²) < 4.78 is 69.9. The van der Waals surface area contributed by atoms with Crippen molar-refractivity contribution in [3.05, 3.63) is 58.7 Å². The largest absolute Gasteiger partial charge is 0.465 e. The van der Waals surface area contributed by atoms with E-state index < -0.39 is 27.7 Å². The highest BCUT2D eigenvalue weighted by molar-refractivity contribution is 7.99. The maximum Gasteiger partial charge on any atom is 0.416 e. The lowest BCUT2D eigenvalue weighted by atomic mass is 10.0. The number of carbonyl (C=O) groups is 1. The van der Waals surface area contributed by atoms with Crippen molar-refractivity contribution >= 4 is 27.8 Å². The number of hydrogen-bond acceptors (Lipinski definition) is 5. The molecule has 0 unspecified atom stereocenters. The maximum atomic E-state index is 12.6. The van der Waals surface area contributed by atoms with Crippen LogP contribution in [0.4, 0.5) is 13.2 Å². The second-order valence-electron chi connectivity index (χ2n) is 6.17. The van der Waals surface area contributed by atoms with Gasteiger partial charge < -0.3 is 4.74 Å². The highest BCUT2D eigenvalue weighted by atomic mass is 32.2. The number of hydrogen-bond donors (Lipinski definition) is 1. The average molecular weight is 448 g/mol. The molecule has 0 heterocycles. The van der Waals surface area contributed by atoms with Gasteiger partial charge in [0.05, 0.1) is 23.1 Å². The van der Waals surface area contributed by atoms with E-state index in [9.17, 15) is 26.4 Å². The molecule has 2 rings (SSSR count). The molecule has 0 aliphatic heterocycles. The van der Waals surface area contributed by atoms with Crippen LogP contribution in [-0.2, 0) is 20.9 Å². The number of ether oxygens (including phenoxy) is 1. The van der Waals surface area contributed by atoms with E-state index in [1.807, 2.05) is 0 Å². The topological polar surface area (TPSA) is 72.5 Å². The Balaban J connectivity index is 2.02. The summed E-state index contributed by atoms with van der Waals surface area (Å²) in [6, 6.07) is 7.38. The van der Waals surface area contributed by atoms with Crippen LogP contribution in [0.25, 0.3) is 0 Å². The van der Waals surface area contributed by atoms with Crippen molar-refractivity contribution in [1.29, 1.82) is 0 Å². The molecule has 0 radical (unpaired) electrons. The predicted molar refractivity (Wildman–Crippen MR) is 105 cm³/mol. The van der Waals surface area contributed by atoms with E-state index in [0.29, 0.717) is 21.8 Å².